The second-order valence-corrected chi connectivity index (χ2v) is 4.93. The van der Waals surface area contributed by atoms with Crippen molar-refractivity contribution in [3.63, 3.8) is 0 Å². The van der Waals surface area contributed by atoms with Gasteiger partial charge in [-0.25, -0.2) is 10.0 Å². The summed E-state index contributed by atoms with van der Waals surface area (Å²) in [7, 11) is 0. The summed E-state index contributed by atoms with van der Waals surface area (Å²) in [6, 6.07) is 3.63. The number of nitrogens with zero attached hydrogens (tertiary/aromatic N) is 2. The lowest BCUT2D eigenvalue weighted by Crippen LogP contribution is -2.28. The monoisotopic (exact) mass is 287 g/mol. The summed E-state index contributed by atoms with van der Waals surface area (Å²) in [6.07, 6.45) is 10.6. The summed E-state index contributed by atoms with van der Waals surface area (Å²) in [6.45, 7) is 0.151. The number of fused-ring (bicyclic) bond motifs is 2. The van der Waals surface area contributed by atoms with Gasteiger partial charge in [-0.1, -0.05) is 24.3 Å². The van der Waals surface area contributed by atoms with Crippen molar-refractivity contribution >= 4 is 11.7 Å². The van der Waals surface area contributed by atoms with E-state index in [-0.39, 0.29) is 31.2 Å². The first-order chi connectivity index (χ1) is 10.3. The van der Waals surface area contributed by atoms with Crippen LogP contribution in [0.15, 0.2) is 42.6 Å². The Hall–Kier alpha value is -2.18. The third kappa shape index (κ3) is 2.96. The average Bonchev–Trinajstić information content (AvgIpc) is 2.76. The van der Waals surface area contributed by atoms with Crippen LogP contribution in [0, 0.1) is 0 Å². The van der Waals surface area contributed by atoms with E-state index in [1.807, 2.05) is 18.2 Å². The van der Waals surface area contributed by atoms with E-state index in [2.05, 4.69) is 16.4 Å². The summed E-state index contributed by atoms with van der Waals surface area (Å²) in [5.41, 5.74) is 0.460. The van der Waals surface area contributed by atoms with Crippen LogP contribution in [0.25, 0.3) is 0 Å². The number of pyridine rings is 1. The van der Waals surface area contributed by atoms with Gasteiger partial charge in [0.25, 0.3) is 5.91 Å². The van der Waals surface area contributed by atoms with E-state index in [9.17, 15) is 4.79 Å². The maximum atomic E-state index is 11.7. The molecule has 0 spiro atoms. The smallest absolute Gasteiger partial charge is 0.252 e. The summed E-state index contributed by atoms with van der Waals surface area (Å²) in [5, 5.41) is 13.1. The third-order valence-corrected chi connectivity index (χ3v) is 3.43. The van der Waals surface area contributed by atoms with E-state index >= 15 is 0 Å². The topological polar surface area (TPSA) is 74.7 Å². The molecular formula is C15H17N3O3. The Morgan fingerprint density at radius 1 is 1.43 bits per heavy atom. The van der Waals surface area contributed by atoms with Crippen LogP contribution in [0.1, 0.15) is 16.8 Å². The SMILES string of the molecule is O=C(NCCO)c1ccc(N2O[C@H]3C=CC=C[C@@H]2C3)nc1. The number of aromatic nitrogens is 1. The highest BCUT2D eigenvalue weighted by molar-refractivity contribution is 5.94. The fourth-order valence-electron chi connectivity index (χ4n) is 2.40. The molecule has 1 aliphatic heterocycles. The Balaban J connectivity index is 1.71. The number of rotatable bonds is 4. The molecule has 0 saturated carbocycles. The van der Waals surface area contributed by atoms with Gasteiger partial charge in [-0.2, -0.15) is 0 Å². The zero-order valence-corrected chi connectivity index (χ0v) is 11.5. The Labute approximate surface area is 122 Å². The number of hydroxylamine groups is 1. The number of hydrogen-bond acceptors (Lipinski definition) is 5. The lowest BCUT2D eigenvalue weighted by atomic mass is 10.1. The molecule has 0 aromatic carbocycles. The van der Waals surface area contributed by atoms with Crippen LogP contribution >= 0.6 is 0 Å². The zero-order chi connectivity index (χ0) is 14.7. The highest BCUT2D eigenvalue weighted by atomic mass is 16.7. The number of nitrogens with one attached hydrogen (secondary N) is 1. The molecule has 2 aliphatic rings. The number of anilines is 1. The maximum Gasteiger partial charge on any atom is 0.252 e. The molecule has 6 heteroatoms. The predicted octanol–water partition coefficient (Wildman–Crippen LogP) is 0.809. The summed E-state index contributed by atoms with van der Waals surface area (Å²) in [4.78, 5) is 21.9. The van der Waals surface area contributed by atoms with E-state index in [4.69, 9.17) is 9.94 Å². The van der Waals surface area contributed by atoms with Gasteiger partial charge >= 0.3 is 0 Å². The Kier molecular flexibility index (Phi) is 3.98. The second kappa shape index (κ2) is 6.07. The number of aliphatic hydroxyl groups excluding tert-OH is 1. The second-order valence-electron chi connectivity index (χ2n) is 4.93. The number of aliphatic hydroxyl groups is 1. The van der Waals surface area contributed by atoms with Crippen molar-refractivity contribution in [2.24, 2.45) is 0 Å². The van der Waals surface area contributed by atoms with Gasteiger partial charge in [0.1, 0.15) is 6.10 Å². The van der Waals surface area contributed by atoms with E-state index in [1.165, 1.54) is 6.20 Å². The minimum Gasteiger partial charge on any atom is -0.395 e. The Bertz CT molecular complexity index is 568. The molecule has 0 radical (unpaired) electrons. The van der Waals surface area contributed by atoms with Crippen molar-refractivity contribution < 1.29 is 14.7 Å². The summed E-state index contributed by atoms with van der Waals surface area (Å²) >= 11 is 0. The van der Waals surface area contributed by atoms with Gasteiger partial charge in [-0.3, -0.25) is 9.63 Å². The molecule has 2 bridgehead atoms. The lowest BCUT2D eigenvalue weighted by molar-refractivity contribution is 0.0943. The standard InChI is InChI=1S/C15H17N3O3/c19-8-7-16-15(20)11-5-6-14(17-10-11)18-12-3-1-2-4-13(9-12)21-18/h1-6,10,12-13,19H,7-9H2,(H,16,20)/t12-,13+/m1/s1. The molecule has 21 heavy (non-hydrogen) atoms. The Morgan fingerprint density at radius 2 is 2.29 bits per heavy atom. The molecule has 0 unspecified atom stereocenters. The number of hydrogen-bond donors (Lipinski definition) is 2. The Morgan fingerprint density at radius 3 is 3.05 bits per heavy atom. The third-order valence-electron chi connectivity index (χ3n) is 3.43. The molecule has 1 amide bonds. The quantitative estimate of drug-likeness (QED) is 0.857. The van der Waals surface area contributed by atoms with E-state index < -0.39 is 0 Å². The highest BCUT2D eigenvalue weighted by Crippen LogP contribution is 2.29. The molecule has 6 nitrogen and oxygen atoms in total. The van der Waals surface area contributed by atoms with Crippen molar-refractivity contribution in [1.29, 1.82) is 0 Å². The van der Waals surface area contributed by atoms with Gasteiger partial charge < -0.3 is 10.4 Å². The van der Waals surface area contributed by atoms with Crippen LogP contribution in [0.5, 0.6) is 0 Å². The fraction of sp³-hybridized carbons (Fsp3) is 0.333. The van der Waals surface area contributed by atoms with Crippen LogP contribution in [0.2, 0.25) is 0 Å². The molecule has 2 atom stereocenters. The summed E-state index contributed by atoms with van der Waals surface area (Å²) in [5.74, 6) is 0.435. The van der Waals surface area contributed by atoms with Crippen LogP contribution in [0.4, 0.5) is 5.82 Å². The van der Waals surface area contributed by atoms with Gasteiger partial charge in [-0.15, -0.1) is 0 Å². The minimum absolute atomic E-state index is 0.0688. The van der Waals surface area contributed by atoms with Crippen molar-refractivity contribution in [3.05, 3.63) is 48.2 Å². The average molecular weight is 287 g/mol. The maximum absolute atomic E-state index is 11.7. The van der Waals surface area contributed by atoms with Gasteiger partial charge in [-0.05, 0) is 12.1 Å². The molecular weight excluding hydrogens is 270 g/mol. The molecule has 2 N–H and O–H groups in total. The van der Waals surface area contributed by atoms with Gasteiger partial charge in [0.2, 0.25) is 0 Å². The molecule has 3 rings (SSSR count). The number of allylic oxidation sites excluding steroid dienone is 2. The molecule has 1 aromatic heterocycles. The largest absolute Gasteiger partial charge is 0.395 e. The van der Waals surface area contributed by atoms with Crippen LogP contribution in [-0.2, 0) is 4.84 Å². The molecule has 1 saturated heterocycles. The summed E-state index contributed by atoms with van der Waals surface area (Å²) < 4.78 is 0. The van der Waals surface area contributed by atoms with E-state index in [0.717, 1.165) is 6.42 Å². The number of carbonyl (C=O) groups is 1. The van der Waals surface area contributed by atoms with Crippen molar-refractivity contribution in [1.82, 2.24) is 10.3 Å². The molecule has 1 fully saturated rings. The number of carbonyl (C=O) groups excluding carboxylic acids is 1. The fourth-order valence-corrected chi connectivity index (χ4v) is 2.40. The predicted molar refractivity (Wildman–Crippen MR) is 77.7 cm³/mol. The lowest BCUT2D eigenvalue weighted by Gasteiger charge is -2.21. The van der Waals surface area contributed by atoms with Crippen LogP contribution in [0.3, 0.4) is 0 Å². The van der Waals surface area contributed by atoms with Gasteiger partial charge in [0, 0.05) is 19.2 Å². The van der Waals surface area contributed by atoms with Crippen molar-refractivity contribution in [2.45, 2.75) is 18.6 Å². The molecule has 2 heterocycles. The van der Waals surface area contributed by atoms with E-state index in [0.29, 0.717) is 11.4 Å². The first-order valence-corrected chi connectivity index (χ1v) is 6.94. The minimum atomic E-state index is -0.246. The van der Waals surface area contributed by atoms with Gasteiger partial charge in [0.15, 0.2) is 5.82 Å². The molecule has 1 aliphatic carbocycles. The van der Waals surface area contributed by atoms with E-state index in [1.54, 1.807) is 17.2 Å². The first-order valence-electron chi connectivity index (χ1n) is 6.94. The molecule has 110 valence electrons. The van der Waals surface area contributed by atoms with Gasteiger partial charge in [0.05, 0.1) is 18.2 Å². The normalized spacial score (nSPS) is 23.2. The molecule has 1 aromatic rings. The zero-order valence-electron chi connectivity index (χ0n) is 11.5. The van der Waals surface area contributed by atoms with Crippen molar-refractivity contribution in [2.75, 3.05) is 18.2 Å². The first kappa shape index (κ1) is 13.8. The highest BCUT2D eigenvalue weighted by Gasteiger charge is 2.32. The number of amides is 1. The van der Waals surface area contributed by atoms with Crippen LogP contribution < -0.4 is 10.4 Å². The van der Waals surface area contributed by atoms with Crippen LogP contribution in [-0.4, -0.2) is 41.3 Å². The van der Waals surface area contributed by atoms with Crippen molar-refractivity contribution in [3.8, 4) is 0 Å².